The molecule has 0 aliphatic rings. The Balaban J connectivity index is 2.52. The second-order valence-electron chi connectivity index (χ2n) is 4.27. The molecule has 0 bridgehead atoms. The summed E-state index contributed by atoms with van der Waals surface area (Å²) in [5.74, 6) is 0.834. The fourth-order valence-corrected chi connectivity index (χ4v) is 1.72. The molecule has 0 radical (unpaired) electrons. The van der Waals surface area contributed by atoms with Crippen LogP contribution in [-0.2, 0) is 0 Å². The molecular formula is C13H15NO2. The molecule has 16 heavy (non-hydrogen) atoms. The number of hydrogen-bond donors (Lipinski definition) is 1. The van der Waals surface area contributed by atoms with Crippen LogP contribution in [0, 0.1) is 6.92 Å². The third-order valence-electron chi connectivity index (χ3n) is 2.60. The molecule has 0 atom stereocenters. The van der Waals surface area contributed by atoms with Crippen LogP contribution in [0.5, 0.6) is 5.88 Å². The number of nitrogens with zero attached hydrogens (tertiary/aromatic N) is 1. The Kier molecular flexibility index (Phi) is 2.69. The van der Waals surface area contributed by atoms with E-state index in [-0.39, 0.29) is 11.8 Å². The van der Waals surface area contributed by atoms with Crippen molar-refractivity contribution < 1.29 is 9.63 Å². The van der Waals surface area contributed by atoms with E-state index in [9.17, 15) is 5.11 Å². The van der Waals surface area contributed by atoms with Gasteiger partial charge in [0.2, 0.25) is 0 Å². The molecule has 1 heterocycles. The van der Waals surface area contributed by atoms with Gasteiger partial charge in [0, 0.05) is 5.56 Å². The van der Waals surface area contributed by atoms with Crippen LogP contribution in [0.25, 0.3) is 11.3 Å². The number of aryl methyl sites for hydroxylation is 1. The molecule has 1 aromatic carbocycles. The average Bonchev–Trinajstić information content (AvgIpc) is 2.61. The zero-order chi connectivity index (χ0) is 11.7. The highest BCUT2D eigenvalue weighted by Crippen LogP contribution is 2.35. The second kappa shape index (κ2) is 4.00. The van der Waals surface area contributed by atoms with Gasteiger partial charge < -0.3 is 9.63 Å². The van der Waals surface area contributed by atoms with Crippen LogP contribution in [-0.4, -0.2) is 10.3 Å². The quantitative estimate of drug-likeness (QED) is 0.837. The van der Waals surface area contributed by atoms with Gasteiger partial charge in [0.05, 0.1) is 5.56 Å². The van der Waals surface area contributed by atoms with Crippen molar-refractivity contribution >= 4 is 0 Å². The molecule has 0 saturated carbocycles. The fourth-order valence-electron chi connectivity index (χ4n) is 1.72. The SMILES string of the molecule is Cc1ccc(-c2onc(O)c2C(C)C)cc1. The van der Waals surface area contributed by atoms with Gasteiger partial charge in [-0.2, -0.15) is 0 Å². The number of benzene rings is 1. The van der Waals surface area contributed by atoms with Gasteiger partial charge in [-0.3, -0.25) is 0 Å². The number of aromatic hydroxyl groups is 1. The first-order valence-electron chi connectivity index (χ1n) is 5.35. The van der Waals surface area contributed by atoms with Crippen molar-refractivity contribution in [1.29, 1.82) is 0 Å². The van der Waals surface area contributed by atoms with Gasteiger partial charge in [-0.15, -0.1) is 0 Å². The van der Waals surface area contributed by atoms with E-state index in [2.05, 4.69) is 5.16 Å². The second-order valence-corrected chi connectivity index (χ2v) is 4.27. The first-order valence-corrected chi connectivity index (χ1v) is 5.35. The lowest BCUT2D eigenvalue weighted by Gasteiger charge is -2.04. The Hall–Kier alpha value is -1.77. The third-order valence-corrected chi connectivity index (χ3v) is 2.60. The summed E-state index contributed by atoms with van der Waals surface area (Å²) in [7, 11) is 0. The van der Waals surface area contributed by atoms with Gasteiger partial charge in [0.1, 0.15) is 0 Å². The maximum Gasteiger partial charge on any atom is 0.255 e. The van der Waals surface area contributed by atoms with Gasteiger partial charge in [-0.1, -0.05) is 43.7 Å². The normalized spacial score (nSPS) is 11.0. The Labute approximate surface area is 94.7 Å². The van der Waals surface area contributed by atoms with Crippen molar-refractivity contribution in [3.63, 3.8) is 0 Å². The van der Waals surface area contributed by atoms with E-state index in [4.69, 9.17) is 4.52 Å². The van der Waals surface area contributed by atoms with Gasteiger partial charge in [0.15, 0.2) is 5.76 Å². The van der Waals surface area contributed by atoms with Crippen LogP contribution >= 0.6 is 0 Å². The molecule has 3 nitrogen and oxygen atoms in total. The monoisotopic (exact) mass is 217 g/mol. The van der Waals surface area contributed by atoms with E-state index >= 15 is 0 Å². The summed E-state index contributed by atoms with van der Waals surface area (Å²) in [6.07, 6.45) is 0. The smallest absolute Gasteiger partial charge is 0.255 e. The lowest BCUT2D eigenvalue weighted by atomic mass is 9.99. The molecule has 0 aliphatic carbocycles. The minimum atomic E-state index is -0.00873. The largest absolute Gasteiger partial charge is 0.491 e. The highest BCUT2D eigenvalue weighted by molar-refractivity contribution is 5.64. The van der Waals surface area contributed by atoms with Gasteiger partial charge >= 0.3 is 0 Å². The first-order chi connectivity index (χ1) is 7.59. The molecule has 0 unspecified atom stereocenters. The van der Waals surface area contributed by atoms with Crippen LogP contribution in [0.3, 0.4) is 0 Å². The van der Waals surface area contributed by atoms with Crippen molar-refractivity contribution in [2.45, 2.75) is 26.7 Å². The maximum absolute atomic E-state index is 9.61. The highest BCUT2D eigenvalue weighted by Gasteiger charge is 2.19. The summed E-state index contributed by atoms with van der Waals surface area (Å²) in [6, 6.07) is 7.97. The van der Waals surface area contributed by atoms with Gasteiger partial charge in [-0.25, -0.2) is 0 Å². The van der Waals surface area contributed by atoms with Gasteiger partial charge in [0.25, 0.3) is 5.88 Å². The van der Waals surface area contributed by atoms with Crippen LogP contribution < -0.4 is 0 Å². The summed E-state index contributed by atoms with van der Waals surface area (Å²) < 4.78 is 5.18. The van der Waals surface area contributed by atoms with E-state index < -0.39 is 0 Å². The molecule has 0 fully saturated rings. The molecule has 0 aliphatic heterocycles. The van der Waals surface area contributed by atoms with Crippen molar-refractivity contribution in [3.8, 4) is 17.2 Å². The minimum Gasteiger partial charge on any atom is -0.491 e. The highest BCUT2D eigenvalue weighted by atomic mass is 16.5. The van der Waals surface area contributed by atoms with E-state index in [1.54, 1.807) is 0 Å². The van der Waals surface area contributed by atoms with Crippen LogP contribution in [0.15, 0.2) is 28.8 Å². The average molecular weight is 217 g/mol. The van der Waals surface area contributed by atoms with Crippen molar-refractivity contribution in [1.82, 2.24) is 5.16 Å². The van der Waals surface area contributed by atoms with Crippen LogP contribution in [0.2, 0.25) is 0 Å². The first kappa shape index (κ1) is 10.7. The Morgan fingerprint density at radius 3 is 2.38 bits per heavy atom. The van der Waals surface area contributed by atoms with E-state index in [1.807, 2.05) is 45.0 Å². The predicted molar refractivity (Wildman–Crippen MR) is 62.4 cm³/mol. The summed E-state index contributed by atoms with van der Waals surface area (Å²) in [6.45, 7) is 6.04. The van der Waals surface area contributed by atoms with Crippen LogP contribution in [0.1, 0.15) is 30.9 Å². The Morgan fingerprint density at radius 2 is 1.81 bits per heavy atom. The molecule has 84 valence electrons. The zero-order valence-corrected chi connectivity index (χ0v) is 9.69. The minimum absolute atomic E-state index is 0.00873. The lowest BCUT2D eigenvalue weighted by molar-refractivity contribution is 0.364. The molecule has 0 amide bonds. The number of hydrogen-bond acceptors (Lipinski definition) is 3. The molecule has 0 saturated heterocycles. The molecule has 2 aromatic rings. The molecule has 1 N–H and O–H groups in total. The summed E-state index contributed by atoms with van der Waals surface area (Å²) in [5, 5.41) is 13.2. The topological polar surface area (TPSA) is 46.3 Å². The summed E-state index contributed by atoms with van der Waals surface area (Å²) in [4.78, 5) is 0. The standard InChI is InChI=1S/C13H15NO2/c1-8(2)11-12(16-14-13(11)15)10-6-4-9(3)5-7-10/h4-8H,1-3H3,(H,14,15). The number of aromatic nitrogens is 1. The lowest BCUT2D eigenvalue weighted by Crippen LogP contribution is -1.88. The number of rotatable bonds is 2. The Bertz CT molecular complexity index is 483. The zero-order valence-electron chi connectivity index (χ0n) is 9.69. The molecular weight excluding hydrogens is 202 g/mol. The maximum atomic E-state index is 9.61. The van der Waals surface area contributed by atoms with E-state index in [0.717, 1.165) is 11.1 Å². The fraction of sp³-hybridized carbons (Fsp3) is 0.308. The summed E-state index contributed by atoms with van der Waals surface area (Å²) in [5.41, 5.74) is 2.91. The Morgan fingerprint density at radius 1 is 1.19 bits per heavy atom. The third kappa shape index (κ3) is 1.81. The van der Waals surface area contributed by atoms with E-state index in [0.29, 0.717) is 5.76 Å². The van der Waals surface area contributed by atoms with Crippen molar-refractivity contribution in [3.05, 3.63) is 35.4 Å². The van der Waals surface area contributed by atoms with Crippen LogP contribution in [0.4, 0.5) is 0 Å². The molecule has 0 spiro atoms. The summed E-state index contributed by atoms with van der Waals surface area (Å²) >= 11 is 0. The predicted octanol–water partition coefficient (Wildman–Crippen LogP) is 3.48. The molecule has 1 aromatic heterocycles. The van der Waals surface area contributed by atoms with Crippen molar-refractivity contribution in [2.24, 2.45) is 0 Å². The molecule has 3 heteroatoms. The van der Waals surface area contributed by atoms with Crippen molar-refractivity contribution in [2.75, 3.05) is 0 Å². The van der Waals surface area contributed by atoms with Gasteiger partial charge in [-0.05, 0) is 18.0 Å². The van der Waals surface area contributed by atoms with E-state index in [1.165, 1.54) is 5.56 Å². The molecule has 2 rings (SSSR count).